The van der Waals surface area contributed by atoms with E-state index in [0.29, 0.717) is 24.7 Å². The molecule has 5 nitrogen and oxygen atoms in total. The number of methoxy groups -OCH3 is 1. The Morgan fingerprint density at radius 2 is 2.30 bits per heavy atom. The van der Waals surface area contributed by atoms with E-state index in [2.05, 4.69) is 31.3 Å². The van der Waals surface area contributed by atoms with Crippen molar-refractivity contribution >= 4 is 27.5 Å². The molecule has 0 radical (unpaired) electrons. The van der Waals surface area contributed by atoms with Crippen molar-refractivity contribution in [2.24, 2.45) is 0 Å². The summed E-state index contributed by atoms with van der Waals surface area (Å²) in [5, 5.41) is 8.20. The van der Waals surface area contributed by atoms with E-state index in [-0.39, 0.29) is 0 Å². The molecule has 0 aliphatic heterocycles. The van der Waals surface area contributed by atoms with E-state index in [1.807, 2.05) is 22.9 Å². The van der Waals surface area contributed by atoms with Gasteiger partial charge in [0.05, 0.1) is 19.7 Å². The molecule has 2 rings (SSSR count). The van der Waals surface area contributed by atoms with Crippen LogP contribution >= 0.6 is 27.5 Å². The number of hydrogen-bond donors (Lipinski definition) is 1. The second-order valence-corrected chi connectivity index (χ2v) is 5.56. The van der Waals surface area contributed by atoms with Crippen molar-refractivity contribution in [3.63, 3.8) is 0 Å². The summed E-state index contributed by atoms with van der Waals surface area (Å²) in [7, 11) is 1.68. The van der Waals surface area contributed by atoms with Crippen molar-refractivity contribution < 1.29 is 4.74 Å². The lowest BCUT2D eigenvalue weighted by Gasteiger charge is -2.09. The molecule has 1 aromatic heterocycles. The summed E-state index contributed by atoms with van der Waals surface area (Å²) in [6.45, 7) is 2.71. The Balaban J connectivity index is 2.01. The van der Waals surface area contributed by atoms with Crippen LogP contribution in [0.25, 0.3) is 0 Å². The Labute approximate surface area is 131 Å². The van der Waals surface area contributed by atoms with Gasteiger partial charge < -0.3 is 10.1 Å². The zero-order chi connectivity index (χ0) is 14.4. The number of halogens is 2. The highest BCUT2D eigenvalue weighted by Gasteiger charge is 2.07. The molecule has 0 spiro atoms. The molecule has 0 bridgehead atoms. The standard InChI is InChI=1S/C13H16BrClN4O/c1-20-5-4-16-7-13-17-9-18-19(13)8-10-2-3-11(14)6-12(10)15/h2-3,6,9,16H,4-5,7-8H2,1H3. The summed E-state index contributed by atoms with van der Waals surface area (Å²) in [5.41, 5.74) is 1.01. The highest BCUT2D eigenvalue weighted by Crippen LogP contribution is 2.22. The minimum atomic E-state index is 0.605. The first-order chi connectivity index (χ1) is 9.70. The molecule has 7 heteroatoms. The summed E-state index contributed by atoms with van der Waals surface area (Å²) >= 11 is 9.62. The van der Waals surface area contributed by atoms with Gasteiger partial charge in [0.1, 0.15) is 12.2 Å². The minimum Gasteiger partial charge on any atom is -0.383 e. The molecule has 1 aromatic carbocycles. The van der Waals surface area contributed by atoms with Gasteiger partial charge in [-0.3, -0.25) is 0 Å². The van der Waals surface area contributed by atoms with Crippen molar-refractivity contribution in [2.75, 3.05) is 20.3 Å². The van der Waals surface area contributed by atoms with Crippen molar-refractivity contribution in [2.45, 2.75) is 13.1 Å². The van der Waals surface area contributed by atoms with Crippen LogP contribution in [-0.2, 0) is 17.8 Å². The third-order valence-corrected chi connectivity index (χ3v) is 3.64. The van der Waals surface area contributed by atoms with Gasteiger partial charge in [-0.05, 0) is 17.7 Å². The van der Waals surface area contributed by atoms with Gasteiger partial charge in [-0.2, -0.15) is 5.10 Å². The molecule has 0 aliphatic rings. The molecular formula is C13H16BrClN4O. The van der Waals surface area contributed by atoms with Crippen LogP contribution in [0.4, 0.5) is 0 Å². The summed E-state index contributed by atoms with van der Waals surface area (Å²) in [6, 6.07) is 5.83. The van der Waals surface area contributed by atoms with Crippen molar-refractivity contribution in [1.82, 2.24) is 20.1 Å². The third kappa shape index (κ3) is 4.28. The van der Waals surface area contributed by atoms with Gasteiger partial charge in [0.25, 0.3) is 0 Å². The molecular weight excluding hydrogens is 344 g/mol. The molecule has 0 atom stereocenters. The van der Waals surface area contributed by atoms with Crippen LogP contribution < -0.4 is 5.32 Å². The number of nitrogens with one attached hydrogen (secondary N) is 1. The largest absolute Gasteiger partial charge is 0.383 e. The summed E-state index contributed by atoms with van der Waals surface area (Å²) in [5.74, 6) is 0.875. The fourth-order valence-electron chi connectivity index (χ4n) is 1.74. The molecule has 1 N–H and O–H groups in total. The SMILES string of the molecule is COCCNCc1ncnn1Cc1ccc(Br)cc1Cl. The number of nitrogens with zero attached hydrogens (tertiary/aromatic N) is 3. The molecule has 2 aromatic rings. The Morgan fingerprint density at radius 3 is 3.05 bits per heavy atom. The zero-order valence-corrected chi connectivity index (χ0v) is 13.5. The molecule has 1 heterocycles. The van der Waals surface area contributed by atoms with E-state index in [9.17, 15) is 0 Å². The third-order valence-electron chi connectivity index (χ3n) is 2.80. The van der Waals surface area contributed by atoms with Crippen molar-refractivity contribution in [3.05, 3.63) is 45.4 Å². The molecule has 0 saturated carbocycles. The Hall–Kier alpha value is -0.950. The topological polar surface area (TPSA) is 52.0 Å². The van der Waals surface area contributed by atoms with E-state index in [0.717, 1.165) is 22.4 Å². The van der Waals surface area contributed by atoms with Gasteiger partial charge in [-0.15, -0.1) is 0 Å². The van der Waals surface area contributed by atoms with E-state index >= 15 is 0 Å². The average Bonchev–Trinajstić information content (AvgIpc) is 2.85. The van der Waals surface area contributed by atoms with E-state index < -0.39 is 0 Å². The molecule has 0 amide bonds. The summed E-state index contributed by atoms with van der Waals surface area (Å²) in [6.07, 6.45) is 1.56. The molecule has 0 saturated heterocycles. The smallest absolute Gasteiger partial charge is 0.141 e. The monoisotopic (exact) mass is 358 g/mol. The quantitative estimate of drug-likeness (QED) is 0.772. The van der Waals surface area contributed by atoms with Crippen LogP contribution in [0.3, 0.4) is 0 Å². The minimum absolute atomic E-state index is 0.605. The first kappa shape index (κ1) is 15.4. The number of ether oxygens (including phenoxy) is 1. The number of benzene rings is 1. The predicted molar refractivity (Wildman–Crippen MR) is 81.9 cm³/mol. The lowest BCUT2D eigenvalue weighted by atomic mass is 10.2. The number of aromatic nitrogens is 3. The van der Waals surface area contributed by atoms with Crippen LogP contribution in [0.15, 0.2) is 29.0 Å². The highest BCUT2D eigenvalue weighted by atomic mass is 79.9. The maximum Gasteiger partial charge on any atom is 0.141 e. The lowest BCUT2D eigenvalue weighted by Crippen LogP contribution is -2.21. The molecule has 0 unspecified atom stereocenters. The van der Waals surface area contributed by atoms with Crippen LogP contribution in [-0.4, -0.2) is 35.0 Å². The fraction of sp³-hybridized carbons (Fsp3) is 0.385. The lowest BCUT2D eigenvalue weighted by molar-refractivity contribution is 0.198. The molecule has 0 aliphatic carbocycles. The second-order valence-electron chi connectivity index (χ2n) is 4.24. The maximum atomic E-state index is 6.22. The van der Waals surface area contributed by atoms with Gasteiger partial charge in [-0.25, -0.2) is 9.67 Å². The van der Waals surface area contributed by atoms with Crippen molar-refractivity contribution in [1.29, 1.82) is 0 Å². The number of hydrogen-bond acceptors (Lipinski definition) is 4. The number of rotatable bonds is 7. The van der Waals surface area contributed by atoms with Crippen LogP contribution in [0.2, 0.25) is 5.02 Å². The van der Waals surface area contributed by atoms with Gasteiger partial charge in [0, 0.05) is 23.1 Å². The molecule has 108 valence electrons. The van der Waals surface area contributed by atoms with Crippen LogP contribution in [0.1, 0.15) is 11.4 Å². The first-order valence-corrected chi connectivity index (χ1v) is 7.38. The van der Waals surface area contributed by atoms with Gasteiger partial charge in [0.15, 0.2) is 0 Å². The predicted octanol–water partition coefficient (Wildman–Crippen LogP) is 2.48. The fourth-order valence-corrected chi connectivity index (χ4v) is 2.48. The average molecular weight is 360 g/mol. The maximum absolute atomic E-state index is 6.22. The summed E-state index contributed by atoms with van der Waals surface area (Å²) < 4.78 is 7.79. The van der Waals surface area contributed by atoms with Gasteiger partial charge in [0.2, 0.25) is 0 Å². The molecule has 20 heavy (non-hydrogen) atoms. The van der Waals surface area contributed by atoms with Gasteiger partial charge in [-0.1, -0.05) is 33.6 Å². The van der Waals surface area contributed by atoms with E-state index in [1.165, 1.54) is 0 Å². The zero-order valence-electron chi connectivity index (χ0n) is 11.1. The molecule has 0 fully saturated rings. The van der Waals surface area contributed by atoms with Crippen molar-refractivity contribution in [3.8, 4) is 0 Å². The van der Waals surface area contributed by atoms with Crippen LogP contribution in [0, 0.1) is 0 Å². The van der Waals surface area contributed by atoms with E-state index in [4.69, 9.17) is 16.3 Å². The highest BCUT2D eigenvalue weighted by molar-refractivity contribution is 9.10. The first-order valence-electron chi connectivity index (χ1n) is 6.21. The Kier molecular flexibility index (Phi) is 5.97. The van der Waals surface area contributed by atoms with Crippen LogP contribution in [0.5, 0.6) is 0 Å². The Morgan fingerprint density at radius 1 is 1.45 bits per heavy atom. The Bertz CT molecular complexity index is 561. The normalized spacial score (nSPS) is 10.9. The van der Waals surface area contributed by atoms with Gasteiger partial charge >= 0.3 is 0 Å². The summed E-state index contributed by atoms with van der Waals surface area (Å²) in [4.78, 5) is 4.25. The second kappa shape index (κ2) is 7.73. The van der Waals surface area contributed by atoms with E-state index in [1.54, 1.807) is 13.4 Å².